The van der Waals surface area contributed by atoms with Crippen LogP contribution in [-0.2, 0) is 14.8 Å². The number of carbonyl (C=O) groups excluding carboxylic acids is 1. The number of amides is 1. The van der Waals surface area contributed by atoms with Crippen LogP contribution in [0, 0.1) is 0 Å². The van der Waals surface area contributed by atoms with E-state index < -0.39 is 10.0 Å². The first-order valence-electron chi connectivity index (χ1n) is 4.24. The van der Waals surface area contributed by atoms with E-state index in [1.807, 2.05) is 22.6 Å². The molecular weight excluding hydrogens is 319 g/mol. The first-order chi connectivity index (χ1) is 6.45. The van der Waals surface area contributed by atoms with Gasteiger partial charge in [0.15, 0.2) is 0 Å². The maximum atomic E-state index is 11.3. The van der Waals surface area contributed by atoms with E-state index in [1.54, 1.807) is 4.90 Å². The maximum Gasteiger partial charge on any atom is 0.232 e. The van der Waals surface area contributed by atoms with Crippen LogP contribution in [0.5, 0.6) is 0 Å². The molecule has 0 spiro atoms. The second-order valence-electron chi connectivity index (χ2n) is 3.18. The fourth-order valence-electron chi connectivity index (χ4n) is 1.35. The summed E-state index contributed by atoms with van der Waals surface area (Å²) in [6, 6.07) is 0. The predicted octanol–water partition coefficient (Wildman–Crippen LogP) is -0.475. The summed E-state index contributed by atoms with van der Waals surface area (Å²) in [5, 5.41) is 0. The molecule has 1 saturated heterocycles. The average molecular weight is 332 g/mol. The van der Waals surface area contributed by atoms with Gasteiger partial charge in [-0.2, -0.15) is 4.31 Å². The first-order valence-corrected chi connectivity index (χ1v) is 7.61. The lowest BCUT2D eigenvalue weighted by Gasteiger charge is -2.32. The molecule has 0 radical (unpaired) electrons. The van der Waals surface area contributed by atoms with Crippen molar-refractivity contribution >= 4 is 38.5 Å². The Morgan fingerprint density at radius 3 is 2.14 bits per heavy atom. The summed E-state index contributed by atoms with van der Waals surface area (Å²) >= 11 is 2.01. The van der Waals surface area contributed by atoms with Gasteiger partial charge in [-0.1, -0.05) is 22.6 Å². The highest BCUT2D eigenvalue weighted by molar-refractivity contribution is 14.1. The van der Waals surface area contributed by atoms with Gasteiger partial charge >= 0.3 is 0 Å². The van der Waals surface area contributed by atoms with Crippen molar-refractivity contribution in [1.82, 2.24) is 9.21 Å². The second-order valence-corrected chi connectivity index (χ2v) is 5.92. The zero-order valence-electron chi connectivity index (χ0n) is 7.94. The fourth-order valence-corrected chi connectivity index (χ4v) is 2.66. The minimum absolute atomic E-state index is 0.0822. The highest BCUT2D eigenvalue weighted by Crippen LogP contribution is 2.06. The molecule has 1 rings (SSSR count). The first kappa shape index (κ1) is 12.2. The van der Waals surface area contributed by atoms with Crippen LogP contribution in [-0.4, -0.2) is 60.4 Å². The molecule has 1 heterocycles. The van der Waals surface area contributed by atoms with Crippen molar-refractivity contribution in [2.24, 2.45) is 0 Å². The van der Waals surface area contributed by atoms with Crippen LogP contribution >= 0.6 is 22.6 Å². The van der Waals surface area contributed by atoms with Gasteiger partial charge in [-0.25, -0.2) is 8.42 Å². The molecule has 0 bridgehead atoms. The molecule has 0 aromatic heterocycles. The summed E-state index contributed by atoms with van der Waals surface area (Å²) < 4.78 is 24.2. The number of hydrogen-bond donors (Lipinski definition) is 0. The molecule has 0 saturated carbocycles. The zero-order valence-corrected chi connectivity index (χ0v) is 10.9. The summed E-state index contributed by atoms with van der Waals surface area (Å²) in [4.78, 5) is 13.0. The van der Waals surface area contributed by atoms with Gasteiger partial charge in [0.1, 0.15) is 0 Å². The van der Waals surface area contributed by atoms with Crippen LogP contribution in [0.25, 0.3) is 0 Å². The number of sulfonamides is 1. The minimum atomic E-state index is -3.09. The summed E-state index contributed by atoms with van der Waals surface area (Å²) in [5.74, 6) is 0.0822. The van der Waals surface area contributed by atoms with Crippen molar-refractivity contribution in [3.8, 4) is 0 Å². The van der Waals surface area contributed by atoms with E-state index in [0.717, 1.165) is 0 Å². The van der Waals surface area contributed by atoms with E-state index >= 15 is 0 Å². The Balaban J connectivity index is 2.51. The standard InChI is InChI=1S/C7H13IN2O3S/c1-14(12,13)10-4-2-9(3-5-10)7(11)6-8/h2-6H2,1H3. The number of rotatable bonds is 2. The number of halogens is 1. The molecule has 0 atom stereocenters. The highest BCUT2D eigenvalue weighted by atomic mass is 127. The van der Waals surface area contributed by atoms with Crippen molar-refractivity contribution in [1.29, 1.82) is 0 Å². The number of alkyl halides is 1. The lowest BCUT2D eigenvalue weighted by Crippen LogP contribution is -2.50. The summed E-state index contributed by atoms with van der Waals surface area (Å²) in [5.41, 5.74) is 0. The van der Waals surface area contributed by atoms with Crippen molar-refractivity contribution in [2.45, 2.75) is 0 Å². The quantitative estimate of drug-likeness (QED) is 0.507. The molecule has 0 aromatic rings. The molecule has 1 aliphatic rings. The highest BCUT2D eigenvalue weighted by Gasteiger charge is 2.25. The van der Waals surface area contributed by atoms with Gasteiger partial charge in [-0.05, 0) is 0 Å². The second kappa shape index (κ2) is 4.75. The zero-order chi connectivity index (χ0) is 10.8. The van der Waals surface area contributed by atoms with E-state index in [4.69, 9.17) is 0 Å². The largest absolute Gasteiger partial charge is 0.339 e. The lowest BCUT2D eigenvalue weighted by molar-refractivity contribution is -0.129. The topological polar surface area (TPSA) is 57.7 Å². The Kier molecular flexibility index (Phi) is 4.14. The Morgan fingerprint density at radius 1 is 1.29 bits per heavy atom. The van der Waals surface area contributed by atoms with Crippen LogP contribution in [0.2, 0.25) is 0 Å². The van der Waals surface area contributed by atoms with Crippen molar-refractivity contribution in [3.63, 3.8) is 0 Å². The molecule has 0 aliphatic carbocycles. The molecule has 1 aliphatic heterocycles. The SMILES string of the molecule is CS(=O)(=O)N1CCN(C(=O)CI)CC1. The Hall–Kier alpha value is 0.110. The number of piperazine rings is 1. The average Bonchev–Trinajstić information content (AvgIpc) is 2.15. The molecule has 7 heteroatoms. The molecule has 1 fully saturated rings. The number of nitrogens with zero attached hydrogens (tertiary/aromatic N) is 2. The molecule has 1 amide bonds. The Bertz CT molecular complexity index is 309. The molecular formula is C7H13IN2O3S. The van der Waals surface area contributed by atoms with Crippen molar-refractivity contribution in [3.05, 3.63) is 0 Å². The van der Waals surface area contributed by atoms with Crippen LogP contribution < -0.4 is 0 Å². The van der Waals surface area contributed by atoms with Gasteiger partial charge in [-0.3, -0.25) is 4.79 Å². The molecule has 0 aromatic carbocycles. The predicted molar refractivity (Wildman–Crippen MR) is 61.9 cm³/mol. The van der Waals surface area contributed by atoms with E-state index in [-0.39, 0.29) is 5.91 Å². The maximum absolute atomic E-state index is 11.3. The van der Waals surface area contributed by atoms with Gasteiger partial charge in [-0.15, -0.1) is 0 Å². The molecule has 5 nitrogen and oxygen atoms in total. The Labute approximate surface area is 97.6 Å². The van der Waals surface area contributed by atoms with E-state index in [1.165, 1.54) is 10.6 Å². The monoisotopic (exact) mass is 332 g/mol. The van der Waals surface area contributed by atoms with Gasteiger partial charge in [0.25, 0.3) is 0 Å². The van der Waals surface area contributed by atoms with Crippen molar-refractivity contribution < 1.29 is 13.2 Å². The third-order valence-electron chi connectivity index (χ3n) is 2.17. The third-order valence-corrected chi connectivity index (χ3v) is 4.13. The van der Waals surface area contributed by atoms with Crippen LogP contribution in [0.15, 0.2) is 0 Å². The number of carbonyl (C=O) groups is 1. The molecule has 14 heavy (non-hydrogen) atoms. The van der Waals surface area contributed by atoms with Gasteiger partial charge in [0.2, 0.25) is 15.9 Å². The Morgan fingerprint density at radius 2 is 1.79 bits per heavy atom. The molecule has 82 valence electrons. The van der Waals surface area contributed by atoms with Gasteiger partial charge in [0.05, 0.1) is 10.7 Å². The van der Waals surface area contributed by atoms with Gasteiger partial charge < -0.3 is 4.90 Å². The minimum Gasteiger partial charge on any atom is -0.339 e. The summed E-state index contributed by atoms with van der Waals surface area (Å²) in [6.07, 6.45) is 1.20. The van der Waals surface area contributed by atoms with E-state index in [9.17, 15) is 13.2 Å². The van der Waals surface area contributed by atoms with E-state index in [0.29, 0.717) is 30.6 Å². The molecule has 0 unspecified atom stereocenters. The van der Waals surface area contributed by atoms with Gasteiger partial charge in [0, 0.05) is 26.2 Å². The van der Waals surface area contributed by atoms with Crippen LogP contribution in [0.3, 0.4) is 0 Å². The summed E-state index contributed by atoms with van der Waals surface area (Å²) in [6.45, 7) is 1.85. The van der Waals surface area contributed by atoms with E-state index in [2.05, 4.69) is 0 Å². The fraction of sp³-hybridized carbons (Fsp3) is 0.857. The van der Waals surface area contributed by atoms with Crippen LogP contribution in [0.1, 0.15) is 0 Å². The molecule has 0 N–H and O–H groups in total. The lowest BCUT2D eigenvalue weighted by atomic mass is 10.3. The third kappa shape index (κ3) is 3.06. The van der Waals surface area contributed by atoms with Crippen LogP contribution in [0.4, 0.5) is 0 Å². The normalized spacial score (nSPS) is 19.7. The smallest absolute Gasteiger partial charge is 0.232 e. The van der Waals surface area contributed by atoms with Crippen molar-refractivity contribution in [2.75, 3.05) is 36.9 Å². The number of hydrogen-bond acceptors (Lipinski definition) is 3. The summed E-state index contributed by atoms with van der Waals surface area (Å²) in [7, 11) is -3.09.